The van der Waals surface area contributed by atoms with E-state index in [1.807, 2.05) is 0 Å². The minimum Gasteiger partial charge on any atom is -0.375 e. The van der Waals surface area contributed by atoms with Crippen LogP contribution in [0.3, 0.4) is 0 Å². The second kappa shape index (κ2) is 8.41. The third kappa shape index (κ3) is 4.63. The number of carbonyl (C=O) groups is 1. The van der Waals surface area contributed by atoms with Gasteiger partial charge in [0.05, 0.1) is 25.2 Å². The van der Waals surface area contributed by atoms with Gasteiger partial charge in [0.15, 0.2) is 0 Å². The van der Waals surface area contributed by atoms with E-state index in [-0.39, 0.29) is 36.4 Å². The lowest BCUT2D eigenvalue weighted by molar-refractivity contribution is -0.135. The molecule has 2 atom stereocenters. The van der Waals surface area contributed by atoms with Gasteiger partial charge in [0, 0.05) is 25.7 Å². The summed E-state index contributed by atoms with van der Waals surface area (Å²) in [5.41, 5.74) is 0.175. The summed E-state index contributed by atoms with van der Waals surface area (Å²) in [5.74, 6) is -1.18. The Hall–Kier alpha value is -1.24. The minimum atomic E-state index is -0.537. The summed E-state index contributed by atoms with van der Waals surface area (Å²) in [7, 11) is 1.59. The Morgan fingerprint density at radius 3 is 2.86 bits per heavy atom. The molecule has 1 amide bonds. The maximum atomic E-state index is 13.8. The monoisotopic (exact) mass is 334 g/mol. The standard InChI is InChI=1S/C15H20F2N2O2.ClH/c1-10(13-7-11(16)3-4-14(13)17)19(2)15(20)8-12-9-18-5-6-21-12;/h3-4,7,10,12,18H,5-6,8-9H2,1-2H3;1H. The molecule has 4 nitrogen and oxygen atoms in total. The average Bonchev–Trinajstić information content (AvgIpc) is 2.49. The number of benzene rings is 1. The number of hydrogen-bond donors (Lipinski definition) is 1. The second-order valence-electron chi connectivity index (χ2n) is 5.25. The zero-order valence-electron chi connectivity index (χ0n) is 12.6. The molecule has 1 N–H and O–H groups in total. The summed E-state index contributed by atoms with van der Waals surface area (Å²) in [6, 6.07) is 2.73. The van der Waals surface area contributed by atoms with Crippen molar-refractivity contribution in [3.05, 3.63) is 35.4 Å². The zero-order valence-corrected chi connectivity index (χ0v) is 13.5. The summed E-state index contributed by atoms with van der Waals surface area (Å²) >= 11 is 0. The van der Waals surface area contributed by atoms with Crippen LogP contribution in [0.1, 0.15) is 24.9 Å². The van der Waals surface area contributed by atoms with Crippen LogP contribution >= 0.6 is 12.4 Å². The molecule has 124 valence electrons. The van der Waals surface area contributed by atoms with Crippen molar-refractivity contribution in [1.29, 1.82) is 0 Å². The molecular weight excluding hydrogens is 314 g/mol. The van der Waals surface area contributed by atoms with Crippen molar-refractivity contribution in [2.45, 2.75) is 25.5 Å². The van der Waals surface area contributed by atoms with E-state index in [2.05, 4.69) is 5.32 Å². The predicted molar refractivity (Wildman–Crippen MR) is 82.0 cm³/mol. The highest BCUT2D eigenvalue weighted by Crippen LogP contribution is 2.23. The number of carbonyl (C=O) groups excluding carboxylic acids is 1. The van der Waals surface area contributed by atoms with Gasteiger partial charge in [-0.2, -0.15) is 0 Å². The van der Waals surface area contributed by atoms with Crippen LogP contribution in [-0.2, 0) is 9.53 Å². The third-order valence-electron chi connectivity index (χ3n) is 3.79. The fraction of sp³-hybridized carbons (Fsp3) is 0.533. The highest BCUT2D eigenvalue weighted by atomic mass is 35.5. The van der Waals surface area contributed by atoms with Gasteiger partial charge in [-0.3, -0.25) is 4.79 Å². The molecule has 22 heavy (non-hydrogen) atoms. The van der Waals surface area contributed by atoms with Crippen molar-refractivity contribution < 1.29 is 18.3 Å². The van der Waals surface area contributed by atoms with E-state index in [1.54, 1.807) is 14.0 Å². The van der Waals surface area contributed by atoms with Crippen LogP contribution in [0.2, 0.25) is 0 Å². The van der Waals surface area contributed by atoms with Gasteiger partial charge in [-0.05, 0) is 25.1 Å². The third-order valence-corrected chi connectivity index (χ3v) is 3.79. The van der Waals surface area contributed by atoms with Crippen molar-refractivity contribution in [2.75, 3.05) is 26.7 Å². The number of amides is 1. The van der Waals surface area contributed by atoms with E-state index in [1.165, 1.54) is 4.90 Å². The molecule has 0 spiro atoms. The molecule has 2 unspecified atom stereocenters. The number of nitrogens with one attached hydrogen (secondary N) is 1. The molecule has 0 aromatic heterocycles. The van der Waals surface area contributed by atoms with Gasteiger partial charge in [0.2, 0.25) is 5.91 Å². The molecular formula is C15H21ClF2N2O2. The smallest absolute Gasteiger partial charge is 0.225 e. The van der Waals surface area contributed by atoms with Crippen LogP contribution in [0, 0.1) is 11.6 Å². The minimum absolute atomic E-state index is 0. The molecule has 1 fully saturated rings. The van der Waals surface area contributed by atoms with Crippen molar-refractivity contribution in [3.63, 3.8) is 0 Å². The second-order valence-corrected chi connectivity index (χ2v) is 5.25. The molecule has 1 aromatic carbocycles. The van der Waals surface area contributed by atoms with Crippen LogP contribution in [0.15, 0.2) is 18.2 Å². The van der Waals surface area contributed by atoms with Gasteiger partial charge in [-0.25, -0.2) is 8.78 Å². The maximum absolute atomic E-state index is 13.8. The SMILES string of the molecule is CC(c1cc(F)ccc1F)N(C)C(=O)CC1CNCCO1.Cl. The van der Waals surface area contributed by atoms with Crippen molar-refractivity contribution in [2.24, 2.45) is 0 Å². The lowest BCUT2D eigenvalue weighted by Gasteiger charge is -2.29. The van der Waals surface area contributed by atoms with Crippen molar-refractivity contribution in [1.82, 2.24) is 10.2 Å². The number of morpholine rings is 1. The molecule has 2 rings (SSSR count). The lowest BCUT2D eigenvalue weighted by atomic mass is 10.1. The van der Waals surface area contributed by atoms with E-state index in [0.717, 1.165) is 24.7 Å². The van der Waals surface area contributed by atoms with Gasteiger partial charge < -0.3 is 15.0 Å². The Labute approximate surface area is 135 Å². The number of halogens is 3. The number of nitrogens with zero attached hydrogens (tertiary/aromatic N) is 1. The molecule has 0 saturated carbocycles. The zero-order chi connectivity index (χ0) is 15.4. The van der Waals surface area contributed by atoms with Gasteiger partial charge >= 0.3 is 0 Å². The number of ether oxygens (including phenoxy) is 1. The summed E-state index contributed by atoms with van der Waals surface area (Å²) in [6.45, 7) is 3.67. The summed E-state index contributed by atoms with van der Waals surface area (Å²) in [5, 5.41) is 3.15. The van der Waals surface area contributed by atoms with Crippen LogP contribution in [0.25, 0.3) is 0 Å². The predicted octanol–water partition coefficient (Wildman–Crippen LogP) is 2.28. The Morgan fingerprint density at radius 2 is 2.23 bits per heavy atom. The average molecular weight is 335 g/mol. The number of hydrogen-bond acceptors (Lipinski definition) is 3. The quantitative estimate of drug-likeness (QED) is 0.918. The molecule has 0 bridgehead atoms. The van der Waals surface area contributed by atoms with E-state index >= 15 is 0 Å². The van der Waals surface area contributed by atoms with Crippen molar-refractivity contribution in [3.8, 4) is 0 Å². The molecule has 1 saturated heterocycles. The van der Waals surface area contributed by atoms with Crippen LogP contribution in [0.4, 0.5) is 8.78 Å². The summed E-state index contributed by atoms with van der Waals surface area (Å²) < 4.78 is 32.5. The van der Waals surface area contributed by atoms with E-state index in [4.69, 9.17) is 4.74 Å². The first-order valence-electron chi connectivity index (χ1n) is 7.02. The van der Waals surface area contributed by atoms with Crippen LogP contribution in [0.5, 0.6) is 0 Å². The lowest BCUT2D eigenvalue weighted by Crippen LogP contribution is -2.42. The van der Waals surface area contributed by atoms with Crippen LogP contribution in [-0.4, -0.2) is 43.7 Å². The highest BCUT2D eigenvalue weighted by Gasteiger charge is 2.24. The fourth-order valence-electron chi connectivity index (χ4n) is 2.35. The summed E-state index contributed by atoms with van der Waals surface area (Å²) in [6.07, 6.45) is 0.0587. The largest absolute Gasteiger partial charge is 0.375 e. The Balaban J connectivity index is 0.00000242. The first-order valence-corrected chi connectivity index (χ1v) is 7.02. The first-order chi connectivity index (χ1) is 9.99. The first kappa shape index (κ1) is 18.8. The van der Waals surface area contributed by atoms with Gasteiger partial charge in [-0.1, -0.05) is 0 Å². The molecule has 0 radical (unpaired) electrons. The van der Waals surface area contributed by atoms with Gasteiger partial charge in [0.1, 0.15) is 11.6 Å². The molecule has 1 heterocycles. The maximum Gasteiger partial charge on any atom is 0.225 e. The van der Waals surface area contributed by atoms with Crippen molar-refractivity contribution >= 4 is 18.3 Å². The van der Waals surface area contributed by atoms with E-state index in [0.29, 0.717) is 13.2 Å². The molecule has 1 aliphatic rings. The fourth-order valence-corrected chi connectivity index (χ4v) is 2.35. The molecule has 1 aliphatic heterocycles. The van der Waals surface area contributed by atoms with Gasteiger partial charge in [-0.15, -0.1) is 12.4 Å². The Kier molecular flexibility index (Phi) is 7.19. The Morgan fingerprint density at radius 1 is 1.50 bits per heavy atom. The molecule has 0 aliphatic carbocycles. The van der Waals surface area contributed by atoms with E-state index < -0.39 is 17.7 Å². The van der Waals surface area contributed by atoms with Gasteiger partial charge in [0.25, 0.3) is 0 Å². The van der Waals surface area contributed by atoms with E-state index in [9.17, 15) is 13.6 Å². The molecule has 1 aromatic rings. The number of rotatable bonds is 4. The van der Waals surface area contributed by atoms with Crippen LogP contribution < -0.4 is 5.32 Å². The highest BCUT2D eigenvalue weighted by molar-refractivity contribution is 5.85. The molecule has 7 heteroatoms. The topological polar surface area (TPSA) is 41.6 Å². The summed E-state index contributed by atoms with van der Waals surface area (Å²) in [4.78, 5) is 13.7. The Bertz CT molecular complexity index is 510. The normalized spacial score (nSPS) is 19.2.